The van der Waals surface area contributed by atoms with Crippen LogP contribution in [0.2, 0.25) is 5.02 Å². The van der Waals surface area contributed by atoms with Crippen molar-refractivity contribution in [3.8, 4) is 43.3 Å². The molecule has 0 saturated heterocycles. The van der Waals surface area contributed by atoms with Gasteiger partial charge in [-0.05, 0) is 51.8 Å². The molecular weight excluding hydrogens is 560 g/mol. The van der Waals surface area contributed by atoms with Crippen LogP contribution in [0.1, 0.15) is 0 Å². The molecular formula is C26H19ClN6O2S3. The third-order valence-electron chi connectivity index (χ3n) is 5.51. The highest BCUT2D eigenvalue weighted by Gasteiger charge is 2.11. The number of fused-ring (bicyclic) bond motifs is 2. The smallest absolute Gasteiger partial charge is 0.294 e. The van der Waals surface area contributed by atoms with Gasteiger partial charge in [0.15, 0.2) is 0 Å². The Morgan fingerprint density at radius 3 is 1.84 bits per heavy atom. The van der Waals surface area contributed by atoms with Crippen molar-refractivity contribution in [3.05, 3.63) is 83.5 Å². The second-order valence-electron chi connectivity index (χ2n) is 7.92. The molecule has 5 aromatic heterocycles. The van der Waals surface area contributed by atoms with Crippen LogP contribution in [0.4, 0.5) is 0 Å². The van der Waals surface area contributed by atoms with Gasteiger partial charge in [-0.25, -0.2) is 19.0 Å². The highest BCUT2D eigenvalue weighted by molar-refractivity contribution is 7.18. The second-order valence-corrected chi connectivity index (χ2v) is 11.1. The van der Waals surface area contributed by atoms with E-state index < -0.39 is 0 Å². The minimum atomic E-state index is 0.602. The summed E-state index contributed by atoms with van der Waals surface area (Å²) >= 11 is 10.5. The second kappa shape index (κ2) is 10.5. The molecule has 0 spiro atoms. The largest absolute Gasteiger partial charge is 0.472 e. The zero-order chi connectivity index (χ0) is 26.1. The van der Waals surface area contributed by atoms with Gasteiger partial charge in [-0.3, -0.25) is 0 Å². The minimum Gasteiger partial charge on any atom is -0.472 e. The molecule has 0 N–H and O–H groups in total. The van der Waals surface area contributed by atoms with E-state index in [9.17, 15) is 0 Å². The topological polar surface area (TPSA) is 78.8 Å². The molecule has 12 heteroatoms. The number of methoxy groups -OCH3 is 2. The Balaban J connectivity index is 0.000000142. The highest BCUT2D eigenvalue weighted by Crippen LogP contribution is 2.29. The van der Waals surface area contributed by atoms with Crippen molar-refractivity contribution in [2.45, 2.75) is 0 Å². The van der Waals surface area contributed by atoms with E-state index in [1.165, 1.54) is 33.1 Å². The lowest BCUT2D eigenvalue weighted by atomic mass is 10.1. The third kappa shape index (κ3) is 5.01. The number of rotatable bonds is 5. The van der Waals surface area contributed by atoms with Crippen molar-refractivity contribution in [2.75, 3.05) is 14.2 Å². The van der Waals surface area contributed by atoms with E-state index in [0.29, 0.717) is 15.4 Å². The van der Waals surface area contributed by atoms with E-state index in [1.54, 1.807) is 34.6 Å². The van der Waals surface area contributed by atoms with Gasteiger partial charge in [0.05, 0.1) is 38.0 Å². The van der Waals surface area contributed by atoms with Crippen molar-refractivity contribution in [1.29, 1.82) is 0 Å². The van der Waals surface area contributed by atoms with Crippen molar-refractivity contribution in [2.24, 2.45) is 0 Å². The molecule has 5 heterocycles. The molecule has 0 bridgehead atoms. The summed E-state index contributed by atoms with van der Waals surface area (Å²) < 4.78 is 13.6. The van der Waals surface area contributed by atoms with Gasteiger partial charge < -0.3 is 9.47 Å². The first kappa shape index (κ1) is 24.6. The maximum Gasteiger partial charge on any atom is 0.294 e. The van der Waals surface area contributed by atoms with E-state index in [0.717, 1.165) is 32.4 Å². The zero-order valence-electron chi connectivity index (χ0n) is 20.1. The van der Waals surface area contributed by atoms with E-state index in [1.807, 2.05) is 36.7 Å². The summed E-state index contributed by atoms with van der Waals surface area (Å²) in [6, 6.07) is 20.2. The zero-order valence-corrected chi connectivity index (χ0v) is 23.3. The standard InChI is InChI=1S/C15H11N3OS2.C11H8ClN3OS/c1-19-15-17-18-9-12(16-14(18)21-15)10-4-6-11(7-5-10)13-3-2-8-20-13;1-16-11-14-15-6-9(13-10(15)17-11)7-3-2-4-8(12)5-7/h2-9H,1H3;2-6H,1H3. The Morgan fingerprint density at radius 2 is 1.32 bits per heavy atom. The lowest BCUT2D eigenvalue weighted by molar-refractivity contribution is 0.405. The molecule has 0 aliphatic heterocycles. The molecule has 7 aromatic rings. The van der Waals surface area contributed by atoms with Crippen LogP contribution < -0.4 is 9.47 Å². The SMILES string of the molecule is COc1nn2cc(-c3ccc(-c4cccs4)cc3)nc2s1.COc1nn2cc(-c3cccc(Cl)c3)nc2s1. The molecule has 0 aliphatic carbocycles. The summed E-state index contributed by atoms with van der Waals surface area (Å²) in [5, 5.41) is 12.5. The summed E-state index contributed by atoms with van der Waals surface area (Å²) in [5.41, 5.74) is 5.08. The van der Waals surface area contributed by atoms with E-state index in [-0.39, 0.29) is 0 Å². The third-order valence-corrected chi connectivity index (χ3v) is 8.43. The van der Waals surface area contributed by atoms with Gasteiger partial charge in [-0.2, -0.15) is 0 Å². The normalized spacial score (nSPS) is 11.0. The predicted octanol–water partition coefficient (Wildman–Crippen LogP) is 7.31. The maximum atomic E-state index is 5.95. The van der Waals surface area contributed by atoms with Gasteiger partial charge in [0.1, 0.15) is 0 Å². The maximum absolute atomic E-state index is 5.95. The van der Waals surface area contributed by atoms with E-state index >= 15 is 0 Å². The molecule has 190 valence electrons. The Kier molecular flexibility index (Phi) is 6.81. The Morgan fingerprint density at radius 1 is 0.711 bits per heavy atom. The number of halogens is 1. The number of imidazole rings is 2. The van der Waals surface area contributed by atoms with Crippen LogP contribution in [-0.2, 0) is 0 Å². The Labute approximate surface area is 234 Å². The molecule has 0 aliphatic rings. The first-order valence-corrected chi connectivity index (χ1v) is 14.2. The van der Waals surface area contributed by atoms with E-state index in [2.05, 4.69) is 61.9 Å². The van der Waals surface area contributed by atoms with Gasteiger partial charge in [0.2, 0.25) is 9.92 Å². The van der Waals surface area contributed by atoms with Gasteiger partial charge >= 0.3 is 0 Å². The van der Waals surface area contributed by atoms with Crippen LogP contribution in [0.25, 0.3) is 42.9 Å². The summed E-state index contributed by atoms with van der Waals surface area (Å²) in [6.45, 7) is 0. The van der Waals surface area contributed by atoms with Crippen molar-refractivity contribution >= 4 is 55.5 Å². The molecule has 0 unspecified atom stereocenters. The molecule has 0 radical (unpaired) electrons. The van der Waals surface area contributed by atoms with Crippen molar-refractivity contribution < 1.29 is 9.47 Å². The summed E-state index contributed by atoms with van der Waals surface area (Å²) in [4.78, 5) is 12.0. The van der Waals surface area contributed by atoms with Crippen LogP contribution in [0, 0.1) is 0 Å². The van der Waals surface area contributed by atoms with Crippen LogP contribution in [0.3, 0.4) is 0 Å². The van der Waals surface area contributed by atoms with Crippen LogP contribution in [0.5, 0.6) is 10.4 Å². The molecule has 0 amide bonds. The lowest BCUT2D eigenvalue weighted by Crippen LogP contribution is -1.84. The fourth-order valence-corrected chi connectivity index (χ4v) is 6.02. The fourth-order valence-electron chi connectivity index (χ4n) is 3.70. The molecule has 8 nitrogen and oxygen atoms in total. The molecule has 0 fully saturated rings. The number of nitrogens with zero attached hydrogens (tertiary/aromatic N) is 6. The van der Waals surface area contributed by atoms with Crippen molar-refractivity contribution in [1.82, 2.24) is 29.2 Å². The first-order valence-electron chi connectivity index (χ1n) is 11.3. The lowest BCUT2D eigenvalue weighted by Gasteiger charge is -1.99. The van der Waals surface area contributed by atoms with E-state index in [4.69, 9.17) is 21.1 Å². The van der Waals surface area contributed by atoms with Gasteiger partial charge in [-0.1, -0.05) is 54.1 Å². The first-order chi connectivity index (χ1) is 18.6. The fraction of sp³-hybridized carbons (Fsp3) is 0.0769. The summed E-state index contributed by atoms with van der Waals surface area (Å²) in [6.07, 6.45) is 3.79. The van der Waals surface area contributed by atoms with Crippen LogP contribution in [0.15, 0.2) is 78.4 Å². The quantitative estimate of drug-likeness (QED) is 0.213. The number of hydrogen-bond acceptors (Lipinski definition) is 9. The van der Waals surface area contributed by atoms with Crippen LogP contribution in [-0.4, -0.2) is 43.4 Å². The van der Waals surface area contributed by atoms with Gasteiger partial charge in [0, 0.05) is 21.0 Å². The minimum absolute atomic E-state index is 0.602. The monoisotopic (exact) mass is 578 g/mol. The molecule has 38 heavy (non-hydrogen) atoms. The summed E-state index contributed by atoms with van der Waals surface area (Å²) in [7, 11) is 3.21. The number of ether oxygens (including phenoxy) is 2. The predicted molar refractivity (Wildman–Crippen MR) is 154 cm³/mol. The average molecular weight is 579 g/mol. The number of benzene rings is 2. The van der Waals surface area contributed by atoms with Gasteiger partial charge in [-0.15, -0.1) is 21.5 Å². The number of hydrogen-bond donors (Lipinski definition) is 0. The highest BCUT2D eigenvalue weighted by atomic mass is 35.5. The number of aromatic nitrogens is 6. The molecule has 0 saturated carbocycles. The number of thiophene rings is 1. The molecule has 2 aromatic carbocycles. The Bertz CT molecular complexity index is 1760. The van der Waals surface area contributed by atoms with Crippen molar-refractivity contribution in [3.63, 3.8) is 0 Å². The summed E-state index contributed by atoms with van der Waals surface area (Å²) in [5.74, 6) is 0. The molecule has 7 rings (SSSR count). The van der Waals surface area contributed by atoms with Crippen LogP contribution >= 0.6 is 45.6 Å². The average Bonchev–Trinajstić information content (AvgIpc) is 3.74. The Hall–Kier alpha value is -3.77. The van der Waals surface area contributed by atoms with Gasteiger partial charge in [0.25, 0.3) is 10.4 Å². The molecule has 0 atom stereocenters.